The lowest BCUT2D eigenvalue weighted by Gasteiger charge is -2.06. The van der Waals surface area contributed by atoms with Crippen LogP contribution in [0.5, 0.6) is 0 Å². The van der Waals surface area contributed by atoms with Gasteiger partial charge in [0.15, 0.2) is 8.68 Å². The number of carbonyl (C=O) groups excluding carboxylic acids is 2. The molecule has 0 fully saturated rings. The van der Waals surface area contributed by atoms with Gasteiger partial charge in [-0.15, -0.1) is 10.2 Å². The SMILES string of the molecule is C=C(C)CSc1nnc(S[C@@H](C)C(=O)NC(N)=O)s1. The third kappa shape index (κ3) is 6.08. The van der Waals surface area contributed by atoms with Crippen molar-refractivity contribution in [2.45, 2.75) is 27.8 Å². The third-order valence-electron chi connectivity index (χ3n) is 1.72. The lowest BCUT2D eigenvalue weighted by Crippen LogP contribution is -2.39. The van der Waals surface area contributed by atoms with Gasteiger partial charge in [-0.1, -0.05) is 47.0 Å². The lowest BCUT2D eigenvalue weighted by molar-refractivity contribution is -0.119. The van der Waals surface area contributed by atoms with Gasteiger partial charge in [0.25, 0.3) is 0 Å². The molecule has 9 heteroatoms. The number of rotatable bonds is 6. The highest BCUT2D eigenvalue weighted by Gasteiger charge is 2.18. The van der Waals surface area contributed by atoms with Crippen LogP contribution >= 0.6 is 34.9 Å². The van der Waals surface area contributed by atoms with Gasteiger partial charge in [-0.05, 0) is 13.8 Å². The maximum absolute atomic E-state index is 11.5. The normalized spacial score (nSPS) is 11.9. The van der Waals surface area contributed by atoms with Crippen molar-refractivity contribution in [3.05, 3.63) is 12.2 Å². The van der Waals surface area contributed by atoms with E-state index in [0.29, 0.717) is 4.34 Å². The van der Waals surface area contributed by atoms with Gasteiger partial charge in [0, 0.05) is 5.75 Å². The summed E-state index contributed by atoms with van der Waals surface area (Å²) in [5.41, 5.74) is 5.94. The Hall–Kier alpha value is -1.06. The molecule has 6 nitrogen and oxygen atoms in total. The number of hydrogen-bond acceptors (Lipinski definition) is 7. The molecule has 1 heterocycles. The van der Waals surface area contributed by atoms with Crippen molar-refractivity contribution in [2.75, 3.05) is 5.75 Å². The van der Waals surface area contributed by atoms with E-state index in [4.69, 9.17) is 5.73 Å². The molecule has 0 radical (unpaired) electrons. The predicted octanol–water partition coefficient (Wildman–Crippen LogP) is 1.88. The Morgan fingerprint density at radius 3 is 2.68 bits per heavy atom. The maximum atomic E-state index is 11.5. The fourth-order valence-electron chi connectivity index (χ4n) is 0.916. The summed E-state index contributed by atoms with van der Waals surface area (Å²) in [6.45, 7) is 7.43. The van der Waals surface area contributed by atoms with Crippen LogP contribution in [0.25, 0.3) is 0 Å². The Labute approximate surface area is 123 Å². The average molecular weight is 318 g/mol. The van der Waals surface area contributed by atoms with Gasteiger partial charge in [0.2, 0.25) is 5.91 Å². The summed E-state index contributed by atoms with van der Waals surface area (Å²) in [6.07, 6.45) is 0. The first-order chi connectivity index (χ1) is 8.88. The number of amides is 3. The van der Waals surface area contributed by atoms with E-state index < -0.39 is 17.2 Å². The highest BCUT2D eigenvalue weighted by molar-refractivity contribution is 8.04. The van der Waals surface area contributed by atoms with Crippen molar-refractivity contribution >= 4 is 46.8 Å². The number of nitrogens with two attached hydrogens (primary N) is 1. The van der Waals surface area contributed by atoms with E-state index >= 15 is 0 Å². The molecule has 104 valence electrons. The third-order valence-corrected chi connectivity index (χ3v) is 5.19. The summed E-state index contributed by atoms with van der Waals surface area (Å²) < 4.78 is 1.50. The van der Waals surface area contributed by atoms with Crippen LogP contribution in [0, 0.1) is 0 Å². The molecular weight excluding hydrogens is 304 g/mol. The number of urea groups is 1. The minimum absolute atomic E-state index is 0.441. The van der Waals surface area contributed by atoms with Crippen LogP contribution in [0.1, 0.15) is 13.8 Å². The van der Waals surface area contributed by atoms with Crippen LogP contribution in [0.2, 0.25) is 0 Å². The molecule has 0 aliphatic rings. The van der Waals surface area contributed by atoms with E-state index in [1.807, 2.05) is 12.2 Å². The highest BCUT2D eigenvalue weighted by atomic mass is 32.2. The van der Waals surface area contributed by atoms with E-state index in [0.717, 1.165) is 15.7 Å². The fraction of sp³-hybridized carbons (Fsp3) is 0.400. The smallest absolute Gasteiger partial charge is 0.318 e. The van der Waals surface area contributed by atoms with E-state index in [9.17, 15) is 9.59 Å². The molecule has 0 aromatic carbocycles. The predicted molar refractivity (Wildman–Crippen MR) is 78.5 cm³/mol. The van der Waals surface area contributed by atoms with Crippen LogP contribution in [0.15, 0.2) is 20.8 Å². The molecule has 0 saturated carbocycles. The largest absolute Gasteiger partial charge is 0.351 e. The van der Waals surface area contributed by atoms with Gasteiger partial charge >= 0.3 is 6.03 Å². The van der Waals surface area contributed by atoms with Crippen LogP contribution in [0.4, 0.5) is 4.79 Å². The van der Waals surface area contributed by atoms with E-state index in [1.165, 1.54) is 23.1 Å². The summed E-state index contributed by atoms with van der Waals surface area (Å²) in [5.74, 6) is 0.348. The zero-order valence-corrected chi connectivity index (χ0v) is 13.0. The second-order valence-corrected chi connectivity index (χ2v) is 7.48. The Kier molecular flexibility index (Phi) is 6.32. The van der Waals surface area contributed by atoms with Crippen LogP contribution in [0.3, 0.4) is 0 Å². The highest BCUT2D eigenvalue weighted by Crippen LogP contribution is 2.31. The molecule has 3 amide bonds. The summed E-state index contributed by atoms with van der Waals surface area (Å²) in [6, 6.07) is -0.854. The first-order valence-corrected chi connectivity index (χ1v) is 7.94. The number of nitrogens with zero attached hydrogens (tertiary/aromatic N) is 2. The quantitative estimate of drug-likeness (QED) is 0.614. The minimum Gasteiger partial charge on any atom is -0.351 e. The standard InChI is InChI=1S/C10H14N4O2S3/c1-5(2)4-17-9-13-14-10(19-9)18-6(3)7(15)12-8(11)16/h6H,1,4H2,2-3H3,(H3,11,12,15,16)/t6-/m0/s1. The number of aromatic nitrogens is 2. The Bertz CT molecular complexity index is 489. The van der Waals surface area contributed by atoms with Crippen molar-refractivity contribution in [3.8, 4) is 0 Å². The van der Waals surface area contributed by atoms with Gasteiger partial charge in [0.05, 0.1) is 5.25 Å². The molecule has 0 spiro atoms. The molecule has 19 heavy (non-hydrogen) atoms. The Balaban J connectivity index is 2.50. The average Bonchev–Trinajstić information content (AvgIpc) is 2.73. The first kappa shape index (κ1) is 16.0. The molecule has 1 atom stereocenters. The molecule has 1 rings (SSSR count). The first-order valence-electron chi connectivity index (χ1n) is 5.26. The van der Waals surface area contributed by atoms with Gasteiger partial charge < -0.3 is 5.73 Å². The maximum Gasteiger partial charge on any atom is 0.318 e. The number of imide groups is 1. The number of primary amides is 1. The van der Waals surface area contributed by atoms with Crippen molar-refractivity contribution < 1.29 is 9.59 Å². The zero-order chi connectivity index (χ0) is 14.4. The topological polar surface area (TPSA) is 98.0 Å². The second-order valence-electron chi connectivity index (χ2n) is 3.69. The zero-order valence-electron chi connectivity index (χ0n) is 10.5. The molecule has 0 bridgehead atoms. The molecular formula is C10H14N4O2S3. The van der Waals surface area contributed by atoms with Crippen molar-refractivity contribution in [1.82, 2.24) is 15.5 Å². The molecule has 0 unspecified atom stereocenters. The van der Waals surface area contributed by atoms with Gasteiger partial charge in [-0.25, -0.2) is 4.79 Å². The number of hydrogen-bond donors (Lipinski definition) is 2. The molecule has 1 aromatic heterocycles. The minimum atomic E-state index is -0.854. The van der Waals surface area contributed by atoms with Crippen LogP contribution in [-0.2, 0) is 4.79 Å². The molecule has 0 saturated heterocycles. The van der Waals surface area contributed by atoms with Gasteiger partial charge in [-0.2, -0.15) is 0 Å². The fourth-order valence-corrected chi connectivity index (χ4v) is 3.92. The Morgan fingerprint density at radius 2 is 2.11 bits per heavy atom. The molecule has 1 aromatic rings. The van der Waals surface area contributed by atoms with Crippen LogP contribution < -0.4 is 11.1 Å². The lowest BCUT2D eigenvalue weighted by atomic mass is 10.4. The molecule has 0 aliphatic carbocycles. The van der Waals surface area contributed by atoms with Gasteiger partial charge in [-0.3, -0.25) is 10.1 Å². The van der Waals surface area contributed by atoms with E-state index in [1.54, 1.807) is 18.7 Å². The summed E-state index contributed by atoms with van der Waals surface area (Å²) in [7, 11) is 0. The van der Waals surface area contributed by atoms with Crippen molar-refractivity contribution in [2.24, 2.45) is 5.73 Å². The van der Waals surface area contributed by atoms with E-state index in [2.05, 4.69) is 16.8 Å². The van der Waals surface area contributed by atoms with Crippen molar-refractivity contribution in [1.29, 1.82) is 0 Å². The summed E-state index contributed by atoms with van der Waals surface area (Å²) >= 11 is 4.20. The molecule has 0 aliphatic heterocycles. The van der Waals surface area contributed by atoms with E-state index in [-0.39, 0.29) is 0 Å². The number of nitrogens with one attached hydrogen (secondary N) is 1. The van der Waals surface area contributed by atoms with Crippen molar-refractivity contribution in [3.63, 3.8) is 0 Å². The number of carbonyl (C=O) groups is 2. The number of thioether (sulfide) groups is 2. The van der Waals surface area contributed by atoms with Crippen LogP contribution in [-0.4, -0.2) is 33.1 Å². The monoisotopic (exact) mass is 318 g/mol. The second kappa shape index (κ2) is 7.51. The summed E-state index contributed by atoms with van der Waals surface area (Å²) in [4.78, 5) is 22.1. The molecule has 3 N–H and O–H groups in total. The Morgan fingerprint density at radius 1 is 1.47 bits per heavy atom. The van der Waals surface area contributed by atoms with Gasteiger partial charge in [0.1, 0.15) is 0 Å². The summed E-state index contributed by atoms with van der Waals surface area (Å²) in [5, 5.41) is 9.56.